The number of benzene rings is 1. The van der Waals surface area contributed by atoms with Crippen LogP contribution in [0.2, 0.25) is 0 Å². The van der Waals surface area contributed by atoms with Crippen LogP contribution in [-0.2, 0) is 20.9 Å². The van der Waals surface area contributed by atoms with Crippen molar-refractivity contribution in [3.8, 4) is 0 Å². The summed E-state index contributed by atoms with van der Waals surface area (Å²) in [4.78, 5) is 14.0. The third-order valence-corrected chi connectivity index (χ3v) is 4.07. The summed E-state index contributed by atoms with van der Waals surface area (Å²) in [5.74, 6) is 0.204. The highest BCUT2D eigenvalue weighted by molar-refractivity contribution is 5.76. The highest BCUT2D eigenvalue weighted by Gasteiger charge is 2.21. The lowest BCUT2D eigenvalue weighted by atomic mass is 9.99. The molecule has 0 aliphatic carbocycles. The average Bonchev–Trinajstić information content (AvgIpc) is 2.56. The zero-order chi connectivity index (χ0) is 14.5. The zero-order valence-electron chi connectivity index (χ0n) is 12.2. The summed E-state index contributed by atoms with van der Waals surface area (Å²) in [5.41, 5.74) is 2.53. The van der Waals surface area contributed by atoms with E-state index < -0.39 is 0 Å². The third kappa shape index (κ3) is 3.61. The molecule has 1 unspecified atom stereocenters. The van der Waals surface area contributed by atoms with Crippen LogP contribution in [-0.4, -0.2) is 50.3 Å². The van der Waals surface area contributed by atoms with Crippen LogP contribution >= 0.6 is 0 Å². The molecule has 2 aliphatic heterocycles. The Bertz CT molecular complexity index is 486. The van der Waals surface area contributed by atoms with Crippen molar-refractivity contribution in [3.05, 3.63) is 35.4 Å². The molecule has 0 aromatic heterocycles. The van der Waals surface area contributed by atoms with Gasteiger partial charge in [-0.1, -0.05) is 24.3 Å². The molecule has 1 aromatic rings. The first-order chi connectivity index (χ1) is 10.3. The highest BCUT2D eigenvalue weighted by Crippen LogP contribution is 2.24. The number of ether oxygens (including phenoxy) is 2. The van der Waals surface area contributed by atoms with Gasteiger partial charge in [-0.25, -0.2) is 0 Å². The van der Waals surface area contributed by atoms with E-state index in [0.29, 0.717) is 52.5 Å². The summed E-state index contributed by atoms with van der Waals surface area (Å²) in [6, 6.07) is 8.51. The van der Waals surface area contributed by atoms with E-state index >= 15 is 0 Å². The van der Waals surface area contributed by atoms with E-state index in [1.54, 1.807) is 0 Å². The molecule has 0 radical (unpaired) electrons. The van der Waals surface area contributed by atoms with Crippen molar-refractivity contribution in [1.82, 2.24) is 10.2 Å². The molecule has 2 heterocycles. The second-order valence-corrected chi connectivity index (χ2v) is 5.46. The summed E-state index contributed by atoms with van der Waals surface area (Å²) in [7, 11) is 0. The van der Waals surface area contributed by atoms with Crippen LogP contribution in [0.25, 0.3) is 0 Å². The molecule has 1 amide bonds. The van der Waals surface area contributed by atoms with Crippen LogP contribution < -0.4 is 5.32 Å². The molecule has 5 nitrogen and oxygen atoms in total. The van der Waals surface area contributed by atoms with E-state index in [1.807, 2.05) is 11.0 Å². The molecule has 1 atom stereocenters. The van der Waals surface area contributed by atoms with Crippen LogP contribution in [0.3, 0.4) is 0 Å². The summed E-state index contributed by atoms with van der Waals surface area (Å²) < 4.78 is 10.9. The van der Waals surface area contributed by atoms with Gasteiger partial charge >= 0.3 is 0 Å². The summed E-state index contributed by atoms with van der Waals surface area (Å²) in [6.45, 7) is 4.77. The maximum absolute atomic E-state index is 12.1. The van der Waals surface area contributed by atoms with E-state index in [-0.39, 0.29) is 11.9 Å². The third-order valence-electron chi connectivity index (χ3n) is 4.07. The molecular weight excluding hydrogens is 268 g/mol. The monoisotopic (exact) mass is 290 g/mol. The Kier molecular flexibility index (Phi) is 4.85. The highest BCUT2D eigenvalue weighted by atomic mass is 16.5. The van der Waals surface area contributed by atoms with Crippen molar-refractivity contribution < 1.29 is 14.3 Å². The van der Waals surface area contributed by atoms with Crippen LogP contribution in [0.1, 0.15) is 23.6 Å². The van der Waals surface area contributed by atoms with Gasteiger partial charge in [0.1, 0.15) is 0 Å². The SMILES string of the molecule is O=C(CCNC1COCc2ccccc21)N1CCOCC1. The van der Waals surface area contributed by atoms with Crippen molar-refractivity contribution in [2.24, 2.45) is 0 Å². The zero-order valence-corrected chi connectivity index (χ0v) is 12.2. The van der Waals surface area contributed by atoms with E-state index in [0.717, 1.165) is 0 Å². The van der Waals surface area contributed by atoms with Gasteiger partial charge in [0.25, 0.3) is 0 Å². The molecule has 0 spiro atoms. The minimum Gasteiger partial charge on any atom is -0.378 e. The van der Waals surface area contributed by atoms with E-state index in [4.69, 9.17) is 9.47 Å². The van der Waals surface area contributed by atoms with Gasteiger partial charge in [-0.3, -0.25) is 4.79 Å². The smallest absolute Gasteiger partial charge is 0.224 e. The van der Waals surface area contributed by atoms with Crippen molar-refractivity contribution in [2.75, 3.05) is 39.5 Å². The Morgan fingerprint density at radius 1 is 1.24 bits per heavy atom. The largest absolute Gasteiger partial charge is 0.378 e. The van der Waals surface area contributed by atoms with Gasteiger partial charge < -0.3 is 19.7 Å². The van der Waals surface area contributed by atoms with Crippen LogP contribution in [0.15, 0.2) is 24.3 Å². The Hall–Kier alpha value is -1.43. The lowest BCUT2D eigenvalue weighted by Crippen LogP contribution is -2.42. The van der Waals surface area contributed by atoms with Gasteiger partial charge in [0.15, 0.2) is 0 Å². The van der Waals surface area contributed by atoms with E-state index in [9.17, 15) is 4.79 Å². The van der Waals surface area contributed by atoms with Gasteiger partial charge in [0, 0.05) is 26.1 Å². The fourth-order valence-corrected chi connectivity index (χ4v) is 2.88. The molecule has 3 rings (SSSR count). The van der Waals surface area contributed by atoms with Gasteiger partial charge in [0.05, 0.1) is 32.5 Å². The minimum atomic E-state index is 0.187. The van der Waals surface area contributed by atoms with Gasteiger partial charge in [0.2, 0.25) is 5.91 Å². The number of fused-ring (bicyclic) bond motifs is 1. The molecule has 1 fully saturated rings. The number of carbonyl (C=O) groups excluding carboxylic acids is 1. The summed E-state index contributed by atoms with van der Waals surface area (Å²) in [5, 5.41) is 3.44. The topological polar surface area (TPSA) is 50.8 Å². The molecule has 0 saturated carbocycles. The fourth-order valence-electron chi connectivity index (χ4n) is 2.88. The Labute approximate surface area is 125 Å². The van der Waals surface area contributed by atoms with Crippen molar-refractivity contribution >= 4 is 5.91 Å². The summed E-state index contributed by atoms with van der Waals surface area (Å²) >= 11 is 0. The number of nitrogens with one attached hydrogen (secondary N) is 1. The number of morpholine rings is 1. The van der Waals surface area contributed by atoms with Crippen molar-refractivity contribution in [2.45, 2.75) is 19.1 Å². The quantitative estimate of drug-likeness (QED) is 0.902. The first-order valence-electron chi connectivity index (χ1n) is 7.59. The second-order valence-electron chi connectivity index (χ2n) is 5.46. The predicted molar refractivity (Wildman–Crippen MR) is 78.9 cm³/mol. The maximum Gasteiger partial charge on any atom is 0.224 e. The van der Waals surface area contributed by atoms with Gasteiger partial charge in [-0.15, -0.1) is 0 Å². The minimum absolute atomic E-state index is 0.187. The Balaban J connectivity index is 1.48. The second kappa shape index (κ2) is 7.02. The lowest BCUT2D eigenvalue weighted by molar-refractivity contribution is -0.135. The molecule has 2 aliphatic rings. The Morgan fingerprint density at radius 3 is 2.90 bits per heavy atom. The first-order valence-corrected chi connectivity index (χ1v) is 7.59. The number of hydrogen-bond donors (Lipinski definition) is 1. The molecule has 1 N–H and O–H groups in total. The first kappa shape index (κ1) is 14.5. The number of carbonyl (C=O) groups is 1. The maximum atomic E-state index is 12.1. The van der Waals surface area contributed by atoms with Crippen molar-refractivity contribution in [3.63, 3.8) is 0 Å². The average molecular weight is 290 g/mol. The van der Waals surface area contributed by atoms with Gasteiger partial charge in [-0.05, 0) is 11.1 Å². The predicted octanol–water partition coefficient (Wildman–Crippen LogP) is 1.10. The fraction of sp³-hybridized carbons (Fsp3) is 0.562. The molecule has 5 heteroatoms. The van der Waals surface area contributed by atoms with Crippen LogP contribution in [0.5, 0.6) is 0 Å². The summed E-state index contributed by atoms with van der Waals surface area (Å²) in [6.07, 6.45) is 0.526. The van der Waals surface area contributed by atoms with Crippen LogP contribution in [0, 0.1) is 0 Å². The number of rotatable bonds is 4. The molecule has 1 aromatic carbocycles. The molecular formula is C16H22N2O3. The number of amides is 1. The Morgan fingerprint density at radius 2 is 2.05 bits per heavy atom. The molecule has 21 heavy (non-hydrogen) atoms. The molecule has 114 valence electrons. The number of nitrogens with zero attached hydrogens (tertiary/aromatic N) is 1. The van der Waals surface area contributed by atoms with Crippen molar-refractivity contribution in [1.29, 1.82) is 0 Å². The van der Waals surface area contributed by atoms with E-state index in [1.165, 1.54) is 11.1 Å². The molecule has 1 saturated heterocycles. The lowest BCUT2D eigenvalue weighted by Gasteiger charge is -2.28. The van der Waals surface area contributed by atoms with E-state index in [2.05, 4.69) is 23.5 Å². The number of hydrogen-bond acceptors (Lipinski definition) is 4. The normalized spacial score (nSPS) is 21.9. The van der Waals surface area contributed by atoms with Crippen LogP contribution in [0.4, 0.5) is 0 Å². The standard InChI is InChI=1S/C16H22N2O3/c19-16(18-7-9-20-10-8-18)5-6-17-15-12-21-11-13-3-1-2-4-14(13)15/h1-4,15,17H,5-12H2. The molecule has 0 bridgehead atoms. The van der Waals surface area contributed by atoms with Gasteiger partial charge in [-0.2, -0.15) is 0 Å².